The summed E-state index contributed by atoms with van der Waals surface area (Å²) in [6.07, 6.45) is 3.33. The van der Waals surface area contributed by atoms with Crippen molar-refractivity contribution in [2.45, 2.75) is 23.3 Å². The van der Waals surface area contributed by atoms with Crippen molar-refractivity contribution < 1.29 is 17.4 Å². The number of primary sulfonamides is 1. The van der Waals surface area contributed by atoms with E-state index in [-0.39, 0.29) is 10.7 Å². The van der Waals surface area contributed by atoms with Crippen LogP contribution >= 0.6 is 0 Å². The van der Waals surface area contributed by atoms with Gasteiger partial charge in [0.25, 0.3) is 10.0 Å². The summed E-state index contributed by atoms with van der Waals surface area (Å²) < 4.78 is 39.5. The van der Waals surface area contributed by atoms with Crippen LogP contribution in [0.1, 0.15) is 19.0 Å². The topological polar surface area (TPSA) is 135 Å². The van der Waals surface area contributed by atoms with Gasteiger partial charge in [0.1, 0.15) is 11.3 Å². The molecule has 0 aliphatic rings. The molecule has 0 radical (unpaired) electrons. The lowest BCUT2D eigenvalue weighted by Crippen LogP contribution is -2.44. The summed E-state index contributed by atoms with van der Waals surface area (Å²) >= 11 is -1.34. The van der Waals surface area contributed by atoms with Crippen molar-refractivity contribution in [2.24, 2.45) is 10.9 Å². The van der Waals surface area contributed by atoms with E-state index in [0.29, 0.717) is 17.5 Å². The molecule has 2 aromatic heterocycles. The van der Waals surface area contributed by atoms with Crippen molar-refractivity contribution in [1.29, 1.82) is 0 Å². The van der Waals surface area contributed by atoms with Gasteiger partial charge < -0.3 is 8.97 Å². The monoisotopic (exact) mass is 317 g/mol. The maximum Gasteiger partial charge on any atom is 0.271 e. The van der Waals surface area contributed by atoms with Crippen molar-refractivity contribution in [3.63, 3.8) is 0 Å². The Balaban J connectivity index is 2.60. The Kier molecular flexibility index (Phi) is 3.82. The molecule has 0 aliphatic heterocycles. The van der Waals surface area contributed by atoms with Crippen molar-refractivity contribution in [3.8, 4) is 0 Å². The SMILES string of the molecule is CCC(N)(c1cc2oc(S(N)(=O)=O)cc2cn1)[S+](C)[O-]. The van der Waals surface area contributed by atoms with E-state index in [1.807, 2.05) is 0 Å². The van der Waals surface area contributed by atoms with E-state index in [1.54, 1.807) is 6.92 Å². The molecular formula is C11H15N3O4S2. The summed E-state index contributed by atoms with van der Waals surface area (Å²) in [5.74, 6) is 0. The van der Waals surface area contributed by atoms with Gasteiger partial charge in [-0.15, -0.1) is 0 Å². The number of nitrogens with zero attached hydrogens (tertiary/aromatic N) is 1. The second kappa shape index (κ2) is 5.01. The highest BCUT2D eigenvalue weighted by Gasteiger charge is 2.37. The molecule has 0 spiro atoms. The maximum absolute atomic E-state index is 11.8. The highest BCUT2D eigenvalue weighted by atomic mass is 32.2. The van der Waals surface area contributed by atoms with Crippen molar-refractivity contribution in [1.82, 2.24) is 4.98 Å². The van der Waals surface area contributed by atoms with Gasteiger partial charge in [0.05, 0.1) is 6.26 Å². The molecule has 0 saturated heterocycles. The third-order valence-electron chi connectivity index (χ3n) is 3.13. The average Bonchev–Trinajstić information content (AvgIpc) is 2.80. The Morgan fingerprint density at radius 3 is 2.65 bits per heavy atom. The van der Waals surface area contributed by atoms with Crippen LogP contribution in [0.2, 0.25) is 0 Å². The van der Waals surface area contributed by atoms with Gasteiger partial charge in [0.2, 0.25) is 9.96 Å². The summed E-state index contributed by atoms with van der Waals surface area (Å²) in [5.41, 5.74) is 6.76. The summed E-state index contributed by atoms with van der Waals surface area (Å²) in [4.78, 5) is 3.04. The van der Waals surface area contributed by atoms with Gasteiger partial charge in [0, 0.05) is 30.1 Å². The predicted octanol–water partition coefficient (Wildman–Crippen LogP) is 0.375. The van der Waals surface area contributed by atoms with Gasteiger partial charge in [-0.1, -0.05) is 6.92 Å². The van der Waals surface area contributed by atoms with Gasteiger partial charge in [-0.2, -0.15) is 0 Å². The van der Waals surface area contributed by atoms with Crippen LogP contribution in [-0.4, -0.2) is 24.2 Å². The molecule has 2 rings (SSSR count). The Morgan fingerprint density at radius 2 is 2.15 bits per heavy atom. The number of nitrogens with two attached hydrogens (primary N) is 2. The number of pyridine rings is 1. The van der Waals surface area contributed by atoms with Crippen molar-refractivity contribution >= 4 is 32.2 Å². The molecule has 0 aliphatic carbocycles. The summed E-state index contributed by atoms with van der Waals surface area (Å²) in [6, 6.07) is 2.78. The van der Waals surface area contributed by atoms with Crippen molar-refractivity contribution in [3.05, 3.63) is 24.0 Å². The van der Waals surface area contributed by atoms with Crippen LogP contribution < -0.4 is 10.9 Å². The quantitative estimate of drug-likeness (QED) is 0.782. The van der Waals surface area contributed by atoms with Crippen LogP contribution in [0.25, 0.3) is 11.0 Å². The fourth-order valence-electron chi connectivity index (χ4n) is 1.81. The number of hydrogen-bond acceptors (Lipinski definition) is 6. The van der Waals surface area contributed by atoms with Crippen LogP contribution in [0.4, 0.5) is 0 Å². The van der Waals surface area contributed by atoms with Gasteiger partial charge in [0.15, 0.2) is 0 Å². The zero-order valence-electron chi connectivity index (χ0n) is 11.0. The molecular weight excluding hydrogens is 302 g/mol. The normalized spacial score (nSPS) is 17.1. The molecule has 110 valence electrons. The molecule has 0 saturated carbocycles. The highest BCUT2D eigenvalue weighted by Crippen LogP contribution is 2.30. The molecule has 2 unspecified atom stereocenters. The Hall–Kier alpha value is -1.13. The van der Waals surface area contributed by atoms with Gasteiger partial charge in [-0.25, -0.2) is 13.6 Å². The highest BCUT2D eigenvalue weighted by molar-refractivity contribution is 7.91. The first-order chi connectivity index (χ1) is 9.18. The molecule has 9 heteroatoms. The molecule has 2 heterocycles. The molecule has 0 aromatic carbocycles. The Bertz CT molecular complexity index is 741. The molecule has 2 atom stereocenters. The minimum absolute atomic E-state index is 0.285. The van der Waals surface area contributed by atoms with Crippen LogP contribution in [-0.2, 0) is 26.1 Å². The Labute approximate surface area is 119 Å². The number of aromatic nitrogens is 1. The first-order valence-corrected chi connectivity index (χ1v) is 8.84. The van der Waals surface area contributed by atoms with Crippen LogP contribution in [0.5, 0.6) is 0 Å². The molecule has 0 bridgehead atoms. The molecule has 7 nitrogen and oxygen atoms in total. The molecule has 4 N–H and O–H groups in total. The van der Waals surface area contributed by atoms with E-state index in [0.717, 1.165) is 0 Å². The van der Waals surface area contributed by atoms with Gasteiger partial charge >= 0.3 is 0 Å². The van der Waals surface area contributed by atoms with E-state index in [9.17, 15) is 13.0 Å². The number of hydrogen-bond donors (Lipinski definition) is 2. The summed E-state index contributed by atoms with van der Waals surface area (Å²) in [7, 11) is -3.92. The lowest BCUT2D eigenvalue weighted by Gasteiger charge is -2.27. The third kappa shape index (κ3) is 2.54. The lowest BCUT2D eigenvalue weighted by molar-refractivity contribution is 0.479. The molecule has 0 amide bonds. The molecule has 0 fully saturated rings. The molecule has 20 heavy (non-hydrogen) atoms. The fourth-order valence-corrected chi connectivity index (χ4v) is 3.12. The smallest absolute Gasteiger partial charge is 0.271 e. The van der Waals surface area contributed by atoms with E-state index in [4.69, 9.17) is 15.3 Å². The zero-order chi connectivity index (χ0) is 15.1. The standard InChI is InChI=1S/C11H15N3O4S2/c1-3-11(12,19(2)15)9-5-8-7(6-14-9)4-10(18-8)20(13,16)17/h4-6H,3,12H2,1-2H3,(H2,13,16,17). The maximum atomic E-state index is 11.8. The summed E-state index contributed by atoms with van der Waals surface area (Å²) in [6.45, 7) is 1.80. The number of rotatable bonds is 4. The van der Waals surface area contributed by atoms with Crippen molar-refractivity contribution in [2.75, 3.05) is 6.26 Å². The lowest BCUT2D eigenvalue weighted by atomic mass is 10.1. The fraction of sp³-hybridized carbons (Fsp3) is 0.364. The van der Waals surface area contributed by atoms with Gasteiger partial charge in [-0.05, 0) is 11.2 Å². The average molecular weight is 317 g/mol. The predicted molar refractivity (Wildman–Crippen MR) is 75.6 cm³/mol. The van der Waals surface area contributed by atoms with E-state index in [2.05, 4.69) is 4.98 Å². The first kappa shape index (κ1) is 15.3. The van der Waals surface area contributed by atoms with E-state index in [1.165, 1.54) is 24.6 Å². The first-order valence-electron chi connectivity index (χ1n) is 5.73. The van der Waals surface area contributed by atoms with Crippen LogP contribution in [0, 0.1) is 0 Å². The van der Waals surface area contributed by atoms with E-state index >= 15 is 0 Å². The second-order valence-corrected chi connectivity index (χ2v) is 7.54. The second-order valence-electron chi connectivity index (χ2n) is 4.41. The minimum Gasteiger partial charge on any atom is -0.615 e. The number of sulfonamides is 1. The Morgan fingerprint density at radius 1 is 1.50 bits per heavy atom. The van der Waals surface area contributed by atoms with Crippen LogP contribution in [0.15, 0.2) is 27.8 Å². The third-order valence-corrected chi connectivity index (χ3v) is 5.42. The van der Waals surface area contributed by atoms with Crippen LogP contribution in [0.3, 0.4) is 0 Å². The van der Waals surface area contributed by atoms with E-state index < -0.39 is 26.1 Å². The number of fused-ring (bicyclic) bond motifs is 1. The minimum atomic E-state index is -3.92. The van der Waals surface area contributed by atoms with Gasteiger partial charge in [-0.3, -0.25) is 10.7 Å². The zero-order valence-corrected chi connectivity index (χ0v) is 12.6. The summed E-state index contributed by atoms with van der Waals surface area (Å²) in [5, 5.41) is 5.14. The molecule has 2 aromatic rings. The number of furan rings is 1. The largest absolute Gasteiger partial charge is 0.615 e.